The highest BCUT2D eigenvalue weighted by Gasteiger charge is 2.18. The van der Waals surface area contributed by atoms with Crippen LogP contribution in [0.4, 0.5) is 0 Å². The average molecular weight is 283 g/mol. The first-order valence-electron chi connectivity index (χ1n) is 6.88. The van der Waals surface area contributed by atoms with E-state index in [9.17, 15) is 4.79 Å². The number of pyridine rings is 1. The fourth-order valence-corrected chi connectivity index (χ4v) is 2.40. The third-order valence-corrected chi connectivity index (χ3v) is 3.55. The molecule has 6 nitrogen and oxygen atoms in total. The summed E-state index contributed by atoms with van der Waals surface area (Å²) in [5.74, 6) is 0.839. The maximum absolute atomic E-state index is 12.6. The summed E-state index contributed by atoms with van der Waals surface area (Å²) < 4.78 is 2.03. The van der Waals surface area contributed by atoms with Gasteiger partial charge in [0.05, 0.1) is 12.1 Å². The second kappa shape index (κ2) is 5.40. The standard InChI is InChI=1S/C15H17N5O/c1-3-20-8-7-16-13(20)10-19(2)15(21)12-9-18-14-11(12)5-4-6-17-14/h4-9H,3,10H2,1-2H3,(H,17,18). The first-order valence-corrected chi connectivity index (χ1v) is 6.88. The molecule has 21 heavy (non-hydrogen) atoms. The molecule has 0 atom stereocenters. The van der Waals surface area contributed by atoms with Crippen LogP contribution in [-0.2, 0) is 13.1 Å². The molecular weight excluding hydrogens is 266 g/mol. The molecule has 0 fully saturated rings. The summed E-state index contributed by atoms with van der Waals surface area (Å²) in [4.78, 5) is 25.8. The van der Waals surface area contributed by atoms with E-state index in [0.717, 1.165) is 23.4 Å². The molecule has 6 heteroatoms. The molecule has 0 saturated heterocycles. The van der Waals surface area contributed by atoms with E-state index in [1.54, 1.807) is 30.5 Å². The first kappa shape index (κ1) is 13.4. The number of carbonyl (C=O) groups is 1. The lowest BCUT2D eigenvalue weighted by Crippen LogP contribution is -2.27. The molecule has 0 saturated carbocycles. The molecule has 3 aromatic rings. The molecule has 0 aliphatic carbocycles. The highest BCUT2D eigenvalue weighted by molar-refractivity contribution is 6.05. The van der Waals surface area contributed by atoms with Crippen LogP contribution in [-0.4, -0.2) is 37.4 Å². The van der Waals surface area contributed by atoms with Gasteiger partial charge in [-0.05, 0) is 19.1 Å². The SMILES string of the molecule is CCn1ccnc1CN(C)C(=O)c1c[nH]c2ncccc12. The van der Waals surface area contributed by atoms with Crippen LogP contribution in [0.15, 0.2) is 36.9 Å². The van der Waals surface area contributed by atoms with E-state index in [-0.39, 0.29) is 5.91 Å². The van der Waals surface area contributed by atoms with Crippen molar-refractivity contribution in [3.8, 4) is 0 Å². The molecular formula is C15H17N5O. The average Bonchev–Trinajstić information content (AvgIpc) is 3.12. The maximum Gasteiger partial charge on any atom is 0.256 e. The van der Waals surface area contributed by atoms with Crippen molar-refractivity contribution in [2.75, 3.05) is 7.05 Å². The van der Waals surface area contributed by atoms with Gasteiger partial charge in [-0.2, -0.15) is 0 Å². The first-order chi connectivity index (χ1) is 10.2. The number of hydrogen-bond acceptors (Lipinski definition) is 3. The van der Waals surface area contributed by atoms with E-state index in [2.05, 4.69) is 21.9 Å². The van der Waals surface area contributed by atoms with Gasteiger partial charge in [-0.25, -0.2) is 9.97 Å². The molecule has 0 aromatic carbocycles. The van der Waals surface area contributed by atoms with Crippen LogP contribution < -0.4 is 0 Å². The Kier molecular flexibility index (Phi) is 3.43. The Morgan fingerprint density at radius 1 is 1.38 bits per heavy atom. The largest absolute Gasteiger partial charge is 0.345 e. The predicted octanol–water partition coefficient (Wildman–Crippen LogP) is 2.05. The molecule has 1 amide bonds. The van der Waals surface area contributed by atoms with Crippen molar-refractivity contribution in [3.05, 3.63) is 48.3 Å². The minimum absolute atomic E-state index is 0.0418. The van der Waals surface area contributed by atoms with Crippen molar-refractivity contribution in [3.63, 3.8) is 0 Å². The highest BCUT2D eigenvalue weighted by Crippen LogP contribution is 2.17. The number of aromatic nitrogens is 4. The van der Waals surface area contributed by atoms with Crippen molar-refractivity contribution >= 4 is 16.9 Å². The summed E-state index contributed by atoms with van der Waals surface area (Å²) in [6, 6.07) is 3.73. The molecule has 0 bridgehead atoms. The van der Waals surface area contributed by atoms with Crippen LogP contribution in [0.5, 0.6) is 0 Å². The summed E-state index contributed by atoms with van der Waals surface area (Å²) in [7, 11) is 1.78. The molecule has 0 spiro atoms. The smallest absolute Gasteiger partial charge is 0.256 e. The van der Waals surface area contributed by atoms with E-state index >= 15 is 0 Å². The van der Waals surface area contributed by atoms with E-state index < -0.39 is 0 Å². The zero-order valence-electron chi connectivity index (χ0n) is 12.1. The summed E-state index contributed by atoms with van der Waals surface area (Å²) in [5, 5.41) is 0.841. The normalized spacial score (nSPS) is 11.0. The molecule has 3 aromatic heterocycles. The number of rotatable bonds is 4. The molecule has 0 aliphatic rings. The summed E-state index contributed by atoms with van der Waals surface area (Å²) in [6.45, 7) is 3.37. The fourth-order valence-electron chi connectivity index (χ4n) is 2.40. The summed E-state index contributed by atoms with van der Waals surface area (Å²) >= 11 is 0. The van der Waals surface area contributed by atoms with Gasteiger partial charge in [-0.1, -0.05) is 0 Å². The Labute approximate surface area is 122 Å². The minimum Gasteiger partial charge on any atom is -0.345 e. The molecule has 1 N–H and O–H groups in total. The van der Waals surface area contributed by atoms with Crippen LogP contribution in [0.25, 0.3) is 11.0 Å². The third kappa shape index (κ3) is 2.40. The third-order valence-electron chi connectivity index (χ3n) is 3.55. The van der Waals surface area contributed by atoms with Gasteiger partial charge in [0.2, 0.25) is 0 Å². The van der Waals surface area contributed by atoms with Gasteiger partial charge in [0, 0.05) is 43.8 Å². The van der Waals surface area contributed by atoms with Crippen molar-refractivity contribution < 1.29 is 4.79 Å². The van der Waals surface area contributed by atoms with Gasteiger partial charge < -0.3 is 14.5 Å². The van der Waals surface area contributed by atoms with Crippen molar-refractivity contribution in [2.24, 2.45) is 0 Å². The lowest BCUT2D eigenvalue weighted by molar-refractivity contribution is 0.0782. The van der Waals surface area contributed by atoms with E-state index in [1.165, 1.54) is 0 Å². The summed E-state index contributed by atoms with van der Waals surface area (Å²) in [5.41, 5.74) is 1.36. The topological polar surface area (TPSA) is 66.8 Å². The van der Waals surface area contributed by atoms with Gasteiger partial charge in [-0.3, -0.25) is 4.79 Å². The Morgan fingerprint density at radius 3 is 3.05 bits per heavy atom. The number of aryl methyl sites for hydroxylation is 1. The predicted molar refractivity (Wildman–Crippen MR) is 79.8 cm³/mol. The Morgan fingerprint density at radius 2 is 2.24 bits per heavy atom. The van der Waals surface area contributed by atoms with Crippen molar-refractivity contribution in [1.29, 1.82) is 0 Å². The lowest BCUT2D eigenvalue weighted by Gasteiger charge is -2.17. The fraction of sp³-hybridized carbons (Fsp3) is 0.267. The van der Waals surface area contributed by atoms with Crippen molar-refractivity contribution in [2.45, 2.75) is 20.0 Å². The quantitative estimate of drug-likeness (QED) is 0.797. The number of nitrogens with zero attached hydrogens (tertiary/aromatic N) is 4. The van der Waals surface area contributed by atoms with Gasteiger partial charge >= 0.3 is 0 Å². The minimum atomic E-state index is -0.0418. The summed E-state index contributed by atoms with van der Waals surface area (Å²) in [6.07, 6.45) is 7.09. The van der Waals surface area contributed by atoms with Crippen molar-refractivity contribution in [1.82, 2.24) is 24.4 Å². The molecule has 3 rings (SSSR count). The number of carbonyl (C=O) groups excluding carboxylic acids is 1. The van der Waals surface area contributed by atoms with Gasteiger partial charge in [0.15, 0.2) is 0 Å². The Hall–Kier alpha value is -2.63. The van der Waals surface area contributed by atoms with E-state index in [0.29, 0.717) is 12.1 Å². The van der Waals surface area contributed by atoms with Crippen LogP contribution in [0.3, 0.4) is 0 Å². The number of amides is 1. The van der Waals surface area contributed by atoms with Crippen LogP contribution in [0.1, 0.15) is 23.1 Å². The van der Waals surface area contributed by atoms with Crippen LogP contribution in [0, 0.1) is 0 Å². The second-order valence-corrected chi connectivity index (χ2v) is 4.89. The lowest BCUT2D eigenvalue weighted by atomic mass is 10.2. The Bertz CT molecular complexity index is 773. The highest BCUT2D eigenvalue weighted by atomic mass is 16.2. The number of aromatic amines is 1. The monoisotopic (exact) mass is 283 g/mol. The number of imidazole rings is 1. The number of H-pyrrole nitrogens is 1. The number of fused-ring (bicyclic) bond motifs is 1. The molecule has 0 radical (unpaired) electrons. The molecule has 3 heterocycles. The Balaban J connectivity index is 1.84. The van der Waals surface area contributed by atoms with E-state index in [1.807, 2.05) is 22.9 Å². The van der Waals surface area contributed by atoms with Crippen LogP contribution in [0.2, 0.25) is 0 Å². The maximum atomic E-state index is 12.6. The van der Waals surface area contributed by atoms with E-state index in [4.69, 9.17) is 0 Å². The van der Waals surface area contributed by atoms with Gasteiger partial charge in [0.25, 0.3) is 5.91 Å². The number of hydrogen-bond donors (Lipinski definition) is 1. The zero-order valence-corrected chi connectivity index (χ0v) is 12.1. The number of nitrogens with one attached hydrogen (secondary N) is 1. The molecule has 108 valence electrons. The molecule has 0 aliphatic heterocycles. The zero-order chi connectivity index (χ0) is 14.8. The molecule has 0 unspecified atom stereocenters. The van der Waals surface area contributed by atoms with Gasteiger partial charge in [0.1, 0.15) is 11.5 Å². The second-order valence-electron chi connectivity index (χ2n) is 4.89. The van der Waals surface area contributed by atoms with Gasteiger partial charge in [-0.15, -0.1) is 0 Å². The van der Waals surface area contributed by atoms with Crippen LogP contribution >= 0.6 is 0 Å².